The Morgan fingerprint density at radius 2 is 1.89 bits per heavy atom. The fraction of sp³-hybridized carbons (Fsp3) is 0.250. The monoisotopic (exact) mass is 537 g/mol. The summed E-state index contributed by atoms with van der Waals surface area (Å²) >= 11 is 0. The van der Waals surface area contributed by atoms with E-state index in [1.165, 1.54) is 12.1 Å². The van der Waals surface area contributed by atoms with E-state index in [2.05, 4.69) is 26.1 Å². The lowest BCUT2D eigenvalue weighted by Gasteiger charge is -2.27. The van der Waals surface area contributed by atoms with Crippen molar-refractivity contribution in [1.29, 1.82) is 0 Å². The van der Waals surface area contributed by atoms with E-state index in [1.54, 1.807) is 0 Å². The van der Waals surface area contributed by atoms with Crippen molar-refractivity contribution in [3.05, 3.63) is 87.3 Å². The number of nitrogens with one attached hydrogen (secondary N) is 4. The van der Waals surface area contributed by atoms with Crippen molar-refractivity contribution in [2.24, 2.45) is 0 Å². The molecule has 1 saturated heterocycles. The molecule has 2 amide bonds. The van der Waals surface area contributed by atoms with Gasteiger partial charge in [0.1, 0.15) is 17.2 Å². The van der Waals surface area contributed by atoms with Crippen LogP contribution in [0, 0.1) is 11.6 Å². The molecule has 3 aromatic rings. The molecule has 4 rings (SSSR count). The predicted molar refractivity (Wildman–Crippen MR) is 123 cm³/mol. The second kappa shape index (κ2) is 10.6. The lowest BCUT2D eigenvalue weighted by Crippen LogP contribution is -2.59. The molecule has 200 valence electrons. The molecular formula is C24H20F5N5O4. The molecule has 14 heteroatoms. The number of aromatic nitrogens is 2. The summed E-state index contributed by atoms with van der Waals surface area (Å²) in [7, 11) is 0. The Morgan fingerprint density at radius 1 is 1.11 bits per heavy atom. The van der Waals surface area contributed by atoms with Crippen LogP contribution in [0.1, 0.15) is 27.9 Å². The van der Waals surface area contributed by atoms with Gasteiger partial charge in [-0.15, -0.1) is 0 Å². The maximum Gasteiger partial charge on any atom is 0.418 e. The van der Waals surface area contributed by atoms with Crippen LogP contribution in [-0.4, -0.2) is 40.8 Å². The van der Waals surface area contributed by atoms with Crippen LogP contribution >= 0.6 is 0 Å². The Hall–Kier alpha value is -4.33. The maximum atomic E-state index is 14.7. The molecule has 2 aromatic carbocycles. The molecular weight excluding hydrogens is 517 g/mol. The average Bonchev–Trinajstić information content (AvgIpc) is 3.33. The van der Waals surface area contributed by atoms with Crippen LogP contribution in [0.15, 0.2) is 53.5 Å². The number of carbonyl (C=O) groups excluding carboxylic acids is 2. The van der Waals surface area contributed by atoms with E-state index in [4.69, 9.17) is 4.74 Å². The van der Waals surface area contributed by atoms with Gasteiger partial charge in [0, 0.05) is 36.9 Å². The minimum atomic E-state index is -4.84. The molecule has 0 radical (unpaired) electrons. The van der Waals surface area contributed by atoms with Crippen LogP contribution in [0.4, 0.5) is 33.3 Å². The van der Waals surface area contributed by atoms with E-state index in [0.29, 0.717) is 6.07 Å². The lowest BCUT2D eigenvalue weighted by atomic mass is 9.96. The zero-order valence-electron chi connectivity index (χ0n) is 19.4. The third-order valence-corrected chi connectivity index (χ3v) is 5.79. The number of ether oxygens (including phenoxy) is 1. The van der Waals surface area contributed by atoms with Crippen molar-refractivity contribution in [3.63, 3.8) is 0 Å². The van der Waals surface area contributed by atoms with Crippen molar-refractivity contribution in [1.82, 2.24) is 20.8 Å². The molecule has 1 aliphatic rings. The molecule has 0 unspecified atom stereocenters. The van der Waals surface area contributed by atoms with Gasteiger partial charge in [0.2, 0.25) is 5.91 Å². The van der Waals surface area contributed by atoms with Crippen molar-refractivity contribution in [3.8, 4) is 0 Å². The minimum absolute atomic E-state index is 0.0123. The van der Waals surface area contributed by atoms with Gasteiger partial charge in [-0.1, -0.05) is 6.07 Å². The van der Waals surface area contributed by atoms with Gasteiger partial charge in [-0.2, -0.15) is 18.3 Å². The molecule has 1 atom stereocenters. The second-order valence-electron chi connectivity index (χ2n) is 8.47. The molecule has 1 aromatic heterocycles. The van der Waals surface area contributed by atoms with Gasteiger partial charge in [-0.25, -0.2) is 13.9 Å². The standard InChI is InChI=1S/C24H20F5N5O4/c25-15-2-4-19(17(8-15)24(27,28)29)32-16-3-1-13(18(26)9-16)10-30-22(37)23(5-6-38-12-23)33-21(36)14-7-20(35)34-31-11-14/h1-4,7-9,11,32H,5-6,10,12H2,(H,30,37)(H,33,36)(H,34,35)/t23-/m0/s1. The van der Waals surface area contributed by atoms with Gasteiger partial charge in [0.15, 0.2) is 0 Å². The SMILES string of the molecule is O=C(N[C@@]1(C(=O)NCc2ccc(Nc3ccc(F)cc3C(F)(F)F)cc2F)CCOC1)c1cn[nH]c(=O)c1. The third kappa shape index (κ3) is 5.96. The van der Waals surface area contributed by atoms with Crippen molar-refractivity contribution >= 4 is 23.2 Å². The number of alkyl halides is 3. The van der Waals surface area contributed by atoms with Gasteiger partial charge in [0.05, 0.1) is 29.6 Å². The Balaban J connectivity index is 1.45. The van der Waals surface area contributed by atoms with Crippen LogP contribution in [0.2, 0.25) is 0 Å². The first-order valence-corrected chi connectivity index (χ1v) is 11.1. The van der Waals surface area contributed by atoms with Crippen molar-refractivity contribution in [2.45, 2.75) is 24.7 Å². The maximum absolute atomic E-state index is 14.7. The van der Waals surface area contributed by atoms with Crippen LogP contribution in [0.3, 0.4) is 0 Å². The summed E-state index contributed by atoms with van der Waals surface area (Å²) in [5.41, 5.74) is -3.90. The number of rotatable bonds is 7. The summed E-state index contributed by atoms with van der Waals surface area (Å²) in [5, 5.41) is 13.2. The third-order valence-electron chi connectivity index (χ3n) is 5.79. The number of hydrogen-bond acceptors (Lipinski definition) is 6. The molecule has 0 spiro atoms. The van der Waals surface area contributed by atoms with E-state index in [1.807, 2.05) is 0 Å². The zero-order valence-corrected chi connectivity index (χ0v) is 19.4. The number of carbonyl (C=O) groups is 2. The highest BCUT2D eigenvalue weighted by Gasteiger charge is 2.44. The quantitative estimate of drug-likeness (QED) is 0.344. The molecule has 4 N–H and O–H groups in total. The smallest absolute Gasteiger partial charge is 0.378 e. The summed E-state index contributed by atoms with van der Waals surface area (Å²) < 4.78 is 73.0. The highest BCUT2D eigenvalue weighted by Crippen LogP contribution is 2.36. The minimum Gasteiger partial charge on any atom is -0.378 e. The van der Waals surface area contributed by atoms with E-state index < -0.39 is 52.0 Å². The Bertz CT molecular complexity index is 1420. The van der Waals surface area contributed by atoms with Crippen LogP contribution < -0.4 is 21.5 Å². The molecule has 9 nitrogen and oxygen atoms in total. The van der Waals surface area contributed by atoms with Gasteiger partial charge in [0.25, 0.3) is 11.5 Å². The Kier molecular flexibility index (Phi) is 7.44. The average molecular weight is 537 g/mol. The number of amides is 2. The first-order valence-electron chi connectivity index (χ1n) is 11.1. The number of nitrogens with zero attached hydrogens (tertiary/aromatic N) is 1. The Labute approximate surface area is 211 Å². The van der Waals surface area contributed by atoms with E-state index in [-0.39, 0.29) is 43.0 Å². The molecule has 1 aliphatic heterocycles. The highest BCUT2D eigenvalue weighted by atomic mass is 19.4. The van der Waals surface area contributed by atoms with Crippen LogP contribution in [-0.2, 0) is 22.3 Å². The number of hydrogen-bond donors (Lipinski definition) is 4. The lowest BCUT2D eigenvalue weighted by molar-refractivity contribution is -0.137. The van der Waals surface area contributed by atoms with Crippen molar-refractivity contribution in [2.75, 3.05) is 18.5 Å². The summed E-state index contributed by atoms with van der Waals surface area (Å²) in [6.07, 6.45) is -3.60. The number of benzene rings is 2. The summed E-state index contributed by atoms with van der Waals surface area (Å²) in [4.78, 5) is 37.0. The number of H-pyrrole nitrogens is 1. The highest BCUT2D eigenvalue weighted by molar-refractivity contribution is 5.99. The van der Waals surface area contributed by atoms with Crippen LogP contribution in [0.25, 0.3) is 0 Å². The molecule has 0 bridgehead atoms. The fourth-order valence-corrected chi connectivity index (χ4v) is 3.82. The molecule has 0 saturated carbocycles. The number of halogens is 5. The predicted octanol–water partition coefficient (Wildman–Crippen LogP) is 3.02. The van der Waals surface area contributed by atoms with E-state index in [0.717, 1.165) is 30.5 Å². The molecule has 0 aliphatic carbocycles. The zero-order chi connectivity index (χ0) is 27.5. The largest absolute Gasteiger partial charge is 0.418 e. The summed E-state index contributed by atoms with van der Waals surface area (Å²) in [6.45, 7) is -0.301. The van der Waals surface area contributed by atoms with Gasteiger partial charge in [-0.05, 0) is 30.3 Å². The number of aromatic amines is 1. The molecule has 38 heavy (non-hydrogen) atoms. The van der Waals surface area contributed by atoms with Crippen LogP contribution in [0.5, 0.6) is 0 Å². The van der Waals surface area contributed by atoms with Gasteiger partial charge >= 0.3 is 6.18 Å². The first kappa shape index (κ1) is 26.7. The molecule has 1 fully saturated rings. The molecule has 2 heterocycles. The second-order valence-corrected chi connectivity index (χ2v) is 8.47. The van der Waals surface area contributed by atoms with Gasteiger partial charge < -0.3 is 20.7 Å². The van der Waals surface area contributed by atoms with E-state index >= 15 is 0 Å². The first-order chi connectivity index (χ1) is 18.0. The summed E-state index contributed by atoms with van der Waals surface area (Å²) in [5.74, 6) is -3.30. The van der Waals surface area contributed by atoms with Gasteiger partial charge in [-0.3, -0.25) is 14.4 Å². The van der Waals surface area contributed by atoms with E-state index in [9.17, 15) is 36.3 Å². The Morgan fingerprint density at radius 3 is 2.55 bits per heavy atom. The number of anilines is 2. The van der Waals surface area contributed by atoms with Crippen molar-refractivity contribution < 1.29 is 36.3 Å². The normalized spacial score (nSPS) is 17.2. The summed E-state index contributed by atoms with van der Waals surface area (Å²) in [6, 6.07) is 6.56. The topological polar surface area (TPSA) is 125 Å². The fourth-order valence-electron chi connectivity index (χ4n) is 3.82.